The van der Waals surface area contributed by atoms with Crippen LogP contribution in [0.2, 0.25) is 0 Å². The van der Waals surface area contributed by atoms with Gasteiger partial charge in [-0.2, -0.15) is 0 Å². The lowest BCUT2D eigenvalue weighted by atomic mass is 10.1. The lowest BCUT2D eigenvalue weighted by molar-refractivity contribution is 0.0951. The number of amides is 2. The Kier molecular flexibility index (Phi) is 5.17. The van der Waals surface area contributed by atoms with Gasteiger partial charge in [0.2, 0.25) is 0 Å². The number of benzene rings is 3. The molecular weight excluding hydrogens is 360 g/mol. The summed E-state index contributed by atoms with van der Waals surface area (Å²) >= 11 is 0. The van der Waals surface area contributed by atoms with Crippen LogP contribution < -0.4 is 10.2 Å². The fourth-order valence-electron chi connectivity index (χ4n) is 3.91. The zero-order chi connectivity index (χ0) is 20.4. The normalized spacial score (nSPS) is 15.1. The molecule has 0 radical (unpaired) electrons. The van der Waals surface area contributed by atoms with Gasteiger partial charge in [-0.3, -0.25) is 9.59 Å². The Labute approximate surface area is 171 Å². The second-order valence-corrected chi connectivity index (χ2v) is 7.61. The van der Waals surface area contributed by atoms with Crippen molar-refractivity contribution in [2.75, 3.05) is 4.90 Å². The Balaban J connectivity index is 1.51. The van der Waals surface area contributed by atoms with E-state index in [2.05, 4.69) is 18.3 Å². The predicted molar refractivity (Wildman–Crippen MR) is 115 cm³/mol. The van der Waals surface area contributed by atoms with Gasteiger partial charge in [0.25, 0.3) is 11.8 Å². The molecule has 0 bridgehead atoms. The predicted octanol–water partition coefficient (Wildman–Crippen LogP) is 4.52. The summed E-state index contributed by atoms with van der Waals surface area (Å²) in [4.78, 5) is 27.7. The summed E-state index contributed by atoms with van der Waals surface area (Å²) in [6.07, 6.45) is 0.846. The first kappa shape index (κ1) is 18.9. The van der Waals surface area contributed by atoms with Crippen LogP contribution in [0.15, 0.2) is 72.8 Å². The van der Waals surface area contributed by atoms with Crippen molar-refractivity contribution in [1.82, 2.24) is 5.32 Å². The van der Waals surface area contributed by atoms with E-state index < -0.39 is 0 Å². The third-order valence-electron chi connectivity index (χ3n) is 5.33. The Bertz CT molecular complexity index is 1070. The first-order valence-electron chi connectivity index (χ1n) is 9.88. The average Bonchev–Trinajstić information content (AvgIpc) is 3.07. The molecule has 146 valence electrons. The number of aryl methyl sites for hydroxylation is 1. The third-order valence-corrected chi connectivity index (χ3v) is 5.33. The highest BCUT2D eigenvalue weighted by atomic mass is 16.2. The third kappa shape index (κ3) is 3.92. The fourth-order valence-corrected chi connectivity index (χ4v) is 3.91. The number of carbonyl (C=O) groups is 2. The molecule has 1 atom stereocenters. The summed E-state index contributed by atoms with van der Waals surface area (Å²) in [5, 5.41) is 2.94. The van der Waals surface area contributed by atoms with E-state index in [0.717, 1.165) is 23.2 Å². The number of nitrogens with zero attached hydrogens (tertiary/aromatic N) is 1. The highest BCUT2D eigenvalue weighted by molar-refractivity contribution is 6.09. The molecule has 4 nitrogen and oxygen atoms in total. The van der Waals surface area contributed by atoms with Crippen LogP contribution in [0.25, 0.3) is 0 Å². The summed E-state index contributed by atoms with van der Waals surface area (Å²) in [7, 11) is 0. The van der Waals surface area contributed by atoms with Crippen molar-refractivity contribution >= 4 is 17.5 Å². The van der Waals surface area contributed by atoms with Gasteiger partial charge in [-0.15, -0.1) is 0 Å². The first-order chi connectivity index (χ1) is 14.0. The van der Waals surface area contributed by atoms with Gasteiger partial charge >= 0.3 is 0 Å². The van der Waals surface area contributed by atoms with E-state index >= 15 is 0 Å². The van der Waals surface area contributed by atoms with Crippen molar-refractivity contribution in [3.05, 3.63) is 101 Å². The van der Waals surface area contributed by atoms with Crippen LogP contribution >= 0.6 is 0 Å². The number of rotatable bonds is 4. The molecule has 1 N–H and O–H groups in total. The van der Waals surface area contributed by atoms with Gasteiger partial charge in [-0.1, -0.05) is 54.1 Å². The average molecular weight is 384 g/mol. The number of carbonyl (C=O) groups excluding carboxylic acids is 2. The van der Waals surface area contributed by atoms with Gasteiger partial charge in [-0.25, -0.2) is 0 Å². The van der Waals surface area contributed by atoms with Crippen LogP contribution in [-0.4, -0.2) is 17.9 Å². The van der Waals surface area contributed by atoms with Crippen molar-refractivity contribution < 1.29 is 9.59 Å². The van der Waals surface area contributed by atoms with Gasteiger partial charge in [0.15, 0.2) is 0 Å². The van der Waals surface area contributed by atoms with E-state index in [1.54, 1.807) is 24.3 Å². The molecule has 3 aromatic carbocycles. The van der Waals surface area contributed by atoms with Crippen LogP contribution in [-0.2, 0) is 13.0 Å². The molecule has 0 aromatic heterocycles. The molecule has 2 amide bonds. The van der Waals surface area contributed by atoms with E-state index in [9.17, 15) is 9.59 Å². The highest BCUT2D eigenvalue weighted by Gasteiger charge is 2.31. The van der Waals surface area contributed by atoms with Gasteiger partial charge in [0, 0.05) is 29.4 Å². The number of para-hydroxylation sites is 1. The van der Waals surface area contributed by atoms with Crippen LogP contribution in [0.4, 0.5) is 5.69 Å². The van der Waals surface area contributed by atoms with Gasteiger partial charge < -0.3 is 10.2 Å². The highest BCUT2D eigenvalue weighted by Crippen LogP contribution is 2.33. The van der Waals surface area contributed by atoms with Gasteiger partial charge in [0.1, 0.15) is 0 Å². The lowest BCUT2D eigenvalue weighted by Crippen LogP contribution is -2.35. The molecule has 0 aliphatic carbocycles. The van der Waals surface area contributed by atoms with Crippen LogP contribution in [0.3, 0.4) is 0 Å². The maximum atomic E-state index is 13.2. The van der Waals surface area contributed by atoms with Crippen molar-refractivity contribution in [1.29, 1.82) is 0 Å². The molecule has 0 fully saturated rings. The molecule has 29 heavy (non-hydrogen) atoms. The molecule has 1 heterocycles. The van der Waals surface area contributed by atoms with E-state index in [0.29, 0.717) is 17.7 Å². The number of hydrogen-bond acceptors (Lipinski definition) is 2. The van der Waals surface area contributed by atoms with Crippen molar-refractivity contribution in [3.63, 3.8) is 0 Å². The summed E-state index contributed by atoms with van der Waals surface area (Å²) in [6.45, 7) is 4.53. The number of hydrogen-bond donors (Lipinski definition) is 1. The van der Waals surface area contributed by atoms with Crippen molar-refractivity contribution in [3.8, 4) is 0 Å². The Hall–Kier alpha value is -3.40. The first-order valence-corrected chi connectivity index (χ1v) is 9.88. The molecule has 1 unspecified atom stereocenters. The van der Waals surface area contributed by atoms with E-state index in [1.165, 1.54) is 5.56 Å². The molecule has 3 aromatic rings. The molecule has 4 rings (SSSR count). The quantitative estimate of drug-likeness (QED) is 0.719. The molecule has 0 spiro atoms. The smallest absolute Gasteiger partial charge is 0.258 e. The Morgan fingerprint density at radius 1 is 0.966 bits per heavy atom. The summed E-state index contributed by atoms with van der Waals surface area (Å²) in [6, 6.07) is 23.1. The van der Waals surface area contributed by atoms with E-state index in [1.807, 2.05) is 54.3 Å². The lowest BCUT2D eigenvalue weighted by Gasteiger charge is -2.23. The van der Waals surface area contributed by atoms with Crippen molar-refractivity contribution in [2.24, 2.45) is 0 Å². The summed E-state index contributed by atoms with van der Waals surface area (Å²) in [5.41, 5.74) is 5.36. The minimum Gasteiger partial charge on any atom is -0.348 e. The SMILES string of the molecule is Cc1cccc(CNC(=O)c2cccc(C(=O)N3c4ccccc4CC3C)c2)c1. The van der Waals surface area contributed by atoms with Crippen molar-refractivity contribution in [2.45, 2.75) is 32.9 Å². The molecule has 0 saturated carbocycles. The van der Waals surface area contributed by atoms with Gasteiger partial charge in [0.05, 0.1) is 0 Å². The summed E-state index contributed by atoms with van der Waals surface area (Å²) < 4.78 is 0. The largest absolute Gasteiger partial charge is 0.348 e. The topological polar surface area (TPSA) is 49.4 Å². The standard InChI is InChI=1S/C25H24N2O2/c1-17-7-5-8-19(13-17)16-26-24(28)21-10-6-11-22(15-21)25(29)27-18(2)14-20-9-3-4-12-23(20)27/h3-13,15,18H,14,16H2,1-2H3,(H,26,28). The zero-order valence-corrected chi connectivity index (χ0v) is 16.7. The van der Waals surface area contributed by atoms with E-state index in [4.69, 9.17) is 0 Å². The number of nitrogens with one attached hydrogen (secondary N) is 1. The minimum absolute atomic E-state index is 0.0733. The van der Waals surface area contributed by atoms with Crippen LogP contribution in [0.1, 0.15) is 44.3 Å². The maximum absolute atomic E-state index is 13.2. The fraction of sp³-hybridized carbons (Fsp3) is 0.200. The molecular formula is C25H24N2O2. The van der Waals surface area contributed by atoms with Crippen LogP contribution in [0, 0.1) is 6.92 Å². The Morgan fingerprint density at radius 3 is 2.55 bits per heavy atom. The minimum atomic E-state index is -0.184. The molecule has 0 saturated heterocycles. The Morgan fingerprint density at radius 2 is 1.72 bits per heavy atom. The summed E-state index contributed by atoms with van der Waals surface area (Å²) in [5.74, 6) is -0.258. The van der Waals surface area contributed by atoms with E-state index in [-0.39, 0.29) is 17.9 Å². The monoisotopic (exact) mass is 384 g/mol. The van der Waals surface area contributed by atoms with Gasteiger partial charge in [-0.05, 0) is 55.7 Å². The second kappa shape index (κ2) is 7.92. The van der Waals surface area contributed by atoms with Crippen LogP contribution in [0.5, 0.6) is 0 Å². The molecule has 4 heteroatoms. The second-order valence-electron chi connectivity index (χ2n) is 7.61. The zero-order valence-electron chi connectivity index (χ0n) is 16.7. The number of anilines is 1. The molecule has 1 aliphatic rings. The molecule has 1 aliphatic heterocycles. The maximum Gasteiger partial charge on any atom is 0.258 e. The number of fused-ring (bicyclic) bond motifs is 1.